The quantitative estimate of drug-likeness (QED) is 0.244. The fourth-order valence-corrected chi connectivity index (χ4v) is 5.63. The lowest BCUT2D eigenvalue weighted by atomic mass is 10.1. The van der Waals surface area contributed by atoms with E-state index in [1.54, 1.807) is 0 Å². The van der Waals surface area contributed by atoms with E-state index < -0.39 is 0 Å². The first-order chi connectivity index (χ1) is 18.2. The number of rotatable bonds is 11. The Morgan fingerprint density at radius 1 is 0.816 bits per heavy atom. The molecule has 0 spiro atoms. The van der Waals surface area contributed by atoms with E-state index in [-0.39, 0.29) is 23.3 Å². The monoisotopic (exact) mass is 546 g/mol. The van der Waals surface area contributed by atoms with Gasteiger partial charge in [0.2, 0.25) is 0 Å². The average Bonchev–Trinajstić information content (AvgIpc) is 2.92. The van der Waals surface area contributed by atoms with E-state index in [0.717, 1.165) is 33.2 Å². The molecule has 2 atom stereocenters. The van der Waals surface area contributed by atoms with Gasteiger partial charge in [-0.05, 0) is 63.1 Å². The number of anilines is 2. The van der Waals surface area contributed by atoms with Gasteiger partial charge >= 0.3 is 0 Å². The third-order valence-electron chi connectivity index (χ3n) is 6.04. The average molecular weight is 547 g/mol. The van der Waals surface area contributed by atoms with Gasteiger partial charge in [0, 0.05) is 35.3 Å². The number of nitrogens with two attached hydrogens (primary N) is 1. The van der Waals surface area contributed by atoms with Crippen LogP contribution in [0.2, 0.25) is 0 Å². The summed E-state index contributed by atoms with van der Waals surface area (Å²) >= 11 is 2.92. The third kappa shape index (κ3) is 6.69. The van der Waals surface area contributed by atoms with Crippen molar-refractivity contribution in [1.29, 1.82) is 10.5 Å². The van der Waals surface area contributed by atoms with E-state index in [9.17, 15) is 10.5 Å². The van der Waals surface area contributed by atoms with Gasteiger partial charge in [-0.15, -0.1) is 0 Å². The predicted molar refractivity (Wildman–Crippen MR) is 157 cm³/mol. The zero-order valence-electron chi connectivity index (χ0n) is 22.7. The summed E-state index contributed by atoms with van der Waals surface area (Å²) in [6.45, 7) is 7.95. The summed E-state index contributed by atoms with van der Waals surface area (Å²) in [5.41, 5.74) is 8.39. The molecule has 0 heterocycles. The van der Waals surface area contributed by atoms with Crippen molar-refractivity contribution in [3.05, 3.63) is 59.7 Å². The number of hydrogen-bond acceptors (Lipinski definition) is 8. The van der Waals surface area contributed by atoms with Crippen LogP contribution >= 0.6 is 23.5 Å². The Kier molecular flexibility index (Phi) is 10.2. The second-order valence-electron chi connectivity index (χ2n) is 9.09. The van der Waals surface area contributed by atoms with Crippen LogP contribution in [0.15, 0.2) is 68.1 Å². The van der Waals surface area contributed by atoms with E-state index in [4.69, 9.17) is 15.2 Å². The Hall–Kier alpha value is -3.46. The zero-order valence-corrected chi connectivity index (χ0v) is 24.4. The number of para-hydroxylation sites is 1. The third-order valence-corrected chi connectivity index (χ3v) is 8.45. The number of benzene rings is 3. The smallest absolute Gasteiger partial charge is 0.154 e. The lowest BCUT2D eigenvalue weighted by molar-refractivity contribution is 0.200. The highest BCUT2D eigenvalue weighted by Gasteiger charge is 2.30. The highest BCUT2D eigenvalue weighted by atomic mass is 32.2. The molecule has 8 heteroatoms. The van der Waals surface area contributed by atoms with Crippen molar-refractivity contribution in [1.82, 2.24) is 0 Å². The summed E-state index contributed by atoms with van der Waals surface area (Å²) in [5, 5.41) is 20.5. The zero-order chi connectivity index (χ0) is 27.8. The van der Waals surface area contributed by atoms with Crippen molar-refractivity contribution in [3.8, 4) is 23.6 Å². The van der Waals surface area contributed by atoms with Gasteiger partial charge in [-0.3, -0.25) is 0 Å². The molecule has 2 unspecified atom stereocenters. The topological polar surface area (TPSA) is 95.3 Å². The standard InChI is InChI=1S/C30H34N4O2S2/c1-7-19(3)35-27-23(17-31)24(18-32)28(36-20(4)8-2)30(38-26-12-10-9-11-25(26)33)29(27)37-22-15-13-21(14-16-22)34(5)6/h9-16,19-20H,7-8,33H2,1-6H3. The number of nitrogens with zero attached hydrogens (tertiary/aromatic N) is 3. The summed E-state index contributed by atoms with van der Waals surface area (Å²) in [7, 11) is 4.00. The van der Waals surface area contributed by atoms with Crippen LogP contribution in [0.4, 0.5) is 11.4 Å². The summed E-state index contributed by atoms with van der Waals surface area (Å²) in [4.78, 5) is 5.27. The van der Waals surface area contributed by atoms with Gasteiger partial charge in [-0.25, -0.2) is 0 Å². The van der Waals surface area contributed by atoms with Gasteiger partial charge in [-0.2, -0.15) is 10.5 Å². The molecule has 3 aromatic rings. The summed E-state index contributed by atoms with van der Waals surface area (Å²) < 4.78 is 12.8. The van der Waals surface area contributed by atoms with Gasteiger partial charge in [0.1, 0.15) is 23.3 Å². The number of nitrogen functional groups attached to an aromatic ring is 1. The van der Waals surface area contributed by atoms with Crippen molar-refractivity contribution in [2.45, 2.75) is 72.3 Å². The minimum Gasteiger partial charge on any atom is -0.488 e. The normalized spacial score (nSPS) is 12.2. The van der Waals surface area contributed by atoms with E-state index in [2.05, 4.69) is 12.1 Å². The molecule has 0 aromatic heterocycles. The van der Waals surface area contributed by atoms with E-state index in [1.165, 1.54) is 23.5 Å². The molecule has 0 bridgehead atoms. The van der Waals surface area contributed by atoms with Crippen molar-refractivity contribution in [2.75, 3.05) is 24.7 Å². The number of nitriles is 2. The molecular weight excluding hydrogens is 512 g/mol. The molecule has 0 fully saturated rings. The number of ether oxygens (including phenoxy) is 2. The molecule has 6 nitrogen and oxygen atoms in total. The van der Waals surface area contributed by atoms with Gasteiger partial charge in [0.25, 0.3) is 0 Å². The maximum absolute atomic E-state index is 10.3. The Balaban J connectivity index is 2.37. The van der Waals surface area contributed by atoms with Crippen LogP contribution in [0.25, 0.3) is 0 Å². The fraction of sp³-hybridized carbons (Fsp3) is 0.333. The molecule has 0 aliphatic heterocycles. The maximum Gasteiger partial charge on any atom is 0.154 e. The molecular formula is C30H34N4O2S2. The molecule has 0 aliphatic carbocycles. The molecule has 0 aliphatic rings. The second-order valence-corrected chi connectivity index (χ2v) is 11.2. The van der Waals surface area contributed by atoms with Crippen LogP contribution in [0.5, 0.6) is 11.5 Å². The molecule has 0 radical (unpaired) electrons. The SMILES string of the molecule is CCC(C)Oc1c(C#N)c(C#N)c(OC(C)CC)c(Sc2ccccc2N)c1Sc1ccc(N(C)C)cc1. The molecule has 3 aromatic carbocycles. The molecule has 0 saturated carbocycles. The van der Waals surface area contributed by atoms with E-state index in [1.807, 2.05) is 95.2 Å². The minimum absolute atomic E-state index is 0.162. The van der Waals surface area contributed by atoms with Crippen LogP contribution in [0.1, 0.15) is 51.7 Å². The molecule has 0 saturated heterocycles. The Bertz CT molecular complexity index is 1340. The van der Waals surface area contributed by atoms with Crippen LogP contribution in [-0.4, -0.2) is 26.3 Å². The van der Waals surface area contributed by atoms with Crippen molar-refractivity contribution in [3.63, 3.8) is 0 Å². The Morgan fingerprint density at radius 2 is 1.32 bits per heavy atom. The lowest BCUT2D eigenvalue weighted by Crippen LogP contribution is -2.16. The summed E-state index contributed by atoms with van der Waals surface area (Å²) in [6, 6.07) is 20.2. The van der Waals surface area contributed by atoms with Crippen molar-refractivity contribution < 1.29 is 9.47 Å². The lowest BCUT2D eigenvalue weighted by Gasteiger charge is -2.25. The highest BCUT2D eigenvalue weighted by molar-refractivity contribution is 8.02. The van der Waals surface area contributed by atoms with Gasteiger partial charge in [0.15, 0.2) is 11.5 Å². The van der Waals surface area contributed by atoms with Crippen molar-refractivity contribution in [2.24, 2.45) is 0 Å². The number of hydrogen-bond donors (Lipinski definition) is 1. The first-order valence-electron chi connectivity index (χ1n) is 12.6. The van der Waals surface area contributed by atoms with Gasteiger partial charge in [-0.1, -0.05) is 49.5 Å². The Morgan fingerprint density at radius 3 is 1.76 bits per heavy atom. The van der Waals surface area contributed by atoms with Crippen LogP contribution in [-0.2, 0) is 0 Å². The summed E-state index contributed by atoms with van der Waals surface area (Å²) in [6.07, 6.45) is 1.15. The predicted octanol–water partition coefficient (Wildman–Crippen LogP) is 7.74. The van der Waals surface area contributed by atoms with Gasteiger partial charge in [0.05, 0.1) is 22.0 Å². The first kappa shape index (κ1) is 29.1. The first-order valence-corrected chi connectivity index (χ1v) is 14.2. The van der Waals surface area contributed by atoms with Gasteiger partial charge < -0.3 is 20.1 Å². The van der Waals surface area contributed by atoms with Crippen molar-refractivity contribution >= 4 is 34.9 Å². The largest absolute Gasteiger partial charge is 0.488 e. The molecule has 38 heavy (non-hydrogen) atoms. The van der Waals surface area contributed by atoms with Crippen LogP contribution in [0, 0.1) is 22.7 Å². The molecule has 3 rings (SSSR count). The van der Waals surface area contributed by atoms with Crippen LogP contribution in [0.3, 0.4) is 0 Å². The maximum atomic E-state index is 10.3. The summed E-state index contributed by atoms with van der Waals surface area (Å²) in [5.74, 6) is 0.782. The highest BCUT2D eigenvalue weighted by Crippen LogP contribution is 2.53. The fourth-order valence-electron chi connectivity index (χ4n) is 3.47. The second kappa shape index (κ2) is 13.4. The molecule has 198 valence electrons. The van der Waals surface area contributed by atoms with E-state index >= 15 is 0 Å². The molecule has 0 amide bonds. The van der Waals surface area contributed by atoms with E-state index in [0.29, 0.717) is 22.1 Å². The Labute approximate surface area is 234 Å². The minimum atomic E-state index is -0.167. The van der Waals surface area contributed by atoms with Crippen LogP contribution < -0.4 is 20.1 Å². The molecule has 2 N–H and O–H groups in total.